The number of aromatic carboxylic acids is 1. The van der Waals surface area contributed by atoms with Gasteiger partial charge in [0.05, 0.1) is 17.8 Å². The molecular formula is C14H15N3O3. The summed E-state index contributed by atoms with van der Waals surface area (Å²) in [7, 11) is 0. The van der Waals surface area contributed by atoms with Crippen LogP contribution in [-0.2, 0) is 0 Å². The van der Waals surface area contributed by atoms with E-state index in [0.717, 1.165) is 18.2 Å². The molecule has 1 heterocycles. The molecule has 0 aliphatic heterocycles. The van der Waals surface area contributed by atoms with Crippen LogP contribution in [0.5, 0.6) is 0 Å². The molecule has 1 aromatic carbocycles. The molecule has 0 amide bonds. The Morgan fingerprint density at radius 1 is 1.30 bits per heavy atom. The molecule has 1 aromatic heterocycles. The molecule has 3 rings (SSSR count). The number of aromatic nitrogens is 2. The summed E-state index contributed by atoms with van der Waals surface area (Å²) in [6, 6.07) is 7.63. The summed E-state index contributed by atoms with van der Waals surface area (Å²) in [6.07, 6.45) is 2.02. The summed E-state index contributed by atoms with van der Waals surface area (Å²) >= 11 is 0. The fraction of sp³-hybridized carbons (Fsp3) is 0.357. The molecule has 0 saturated heterocycles. The third-order valence-corrected chi connectivity index (χ3v) is 3.46. The molecule has 0 bridgehead atoms. The zero-order valence-electron chi connectivity index (χ0n) is 10.9. The van der Waals surface area contributed by atoms with Crippen LogP contribution in [0, 0.1) is 0 Å². The van der Waals surface area contributed by atoms with E-state index < -0.39 is 5.97 Å². The first-order valence-electron chi connectivity index (χ1n) is 6.58. The minimum atomic E-state index is -1.10. The summed E-state index contributed by atoms with van der Waals surface area (Å²) in [4.78, 5) is 13.4. The van der Waals surface area contributed by atoms with Gasteiger partial charge in [-0.2, -0.15) is 0 Å². The molecule has 0 unspecified atom stereocenters. The van der Waals surface area contributed by atoms with Gasteiger partial charge in [-0.05, 0) is 18.9 Å². The van der Waals surface area contributed by atoms with Crippen molar-refractivity contribution in [2.75, 3.05) is 18.1 Å². The predicted molar refractivity (Wildman–Crippen MR) is 74.0 cm³/mol. The molecule has 0 radical (unpaired) electrons. The Kier molecular flexibility index (Phi) is 3.23. The average Bonchev–Trinajstić information content (AvgIpc) is 3.28. The lowest BCUT2D eigenvalue weighted by Gasteiger charge is -2.25. The predicted octanol–water partition coefficient (Wildman–Crippen LogP) is 1.29. The van der Waals surface area contributed by atoms with Crippen LogP contribution in [0.2, 0.25) is 0 Å². The Morgan fingerprint density at radius 2 is 2.05 bits per heavy atom. The van der Waals surface area contributed by atoms with E-state index in [-0.39, 0.29) is 18.3 Å². The number of carboxylic acids is 1. The highest BCUT2D eigenvalue weighted by molar-refractivity contribution is 6.03. The van der Waals surface area contributed by atoms with E-state index >= 15 is 0 Å². The number of carbonyl (C=O) groups is 1. The molecule has 20 heavy (non-hydrogen) atoms. The molecule has 1 aliphatic carbocycles. The van der Waals surface area contributed by atoms with Crippen LogP contribution in [0.3, 0.4) is 0 Å². The normalized spacial score (nSPS) is 14.4. The van der Waals surface area contributed by atoms with Crippen LogP contribution in [-0.4, -0.2) is 45.6 Å². The highest BCUT2D eigenvalue weighted by Gasteiger charge is 2.33. The number of benzene rings is 1. The number of aliphatic hydroxyl groups excluding tert-OH is 1. The highest BCUT2D eigenvalue weighted by atomic mass is 16.4. The van der Waals surface area contributed by atoms with Gasteiger partial charge in [-0.1, -0.05) is 18.2 Å². The van der Waals surface area contributed by atoms with Crippen LogP contribution < -0.4 is 4.90 Å². The molecular weight excluding hydrogens is 258 g/mol. The number of anilines is 1. The van der Waals surface area contributed by atoms with Crippen LogP contribution in [0.25, 0.3) is 10.9 Å². The van der Waals surface area contributed by atoms with Gasteiger partial charge in [0.15, 0.2) is 5.69 Å². The van der Waals surface area contributed by atoms with Gasteiger partial charge in [-0.15, -0.1) is 10.2 Å². The largest absolute Gasteiger partial charge is 0.476 e. The molecule has 2 aromatic rings. The second kappa shape index (κ2) is 5.05. The van der Waals surface area contributed by atoms with Gasteiger partial charge in [0.1, 0.15) is 0 Å². The van der Waals surface area contributed by atoms with Crippen molar-refractivity contribution in [2.45, 2.75) is 18.9 Å². The van der Waals surface area contributed by atoms with Crippen molar-refractivity contribution in [2.24, 2.45) is 0 Å². The van der Waals surface area contributed by atoms with Gasteiger partial charge in [-0.25, -0.2) is 4.79 Å². The van der Waals surface area contributed by atoms with E-state index in [9.17, 15) is 15.0 Å². The smallest absolute Gasteiger partial charge is 0.358 e. The van der Waals surface area contributed by atoms with Gasteiger partial charge >= 0.3 is 5.97 Å². The second-order valence-corrected chi connectivity index (χ2v) is 4.87. The van der Waals surface area contributed by atoms with Crippen molar-refractivity contribution in [1.29, 1.82) is 0 Å². The summed E-state index contributed by atoms with van der Waals surface area (Å²) in [5.41, 5.74) is 1.18. The van der Waals surface area contributed by atoms with Crippen LogP contribution in [0.4, 0.5) is 5.69 Å². The van der Waals surface area contributed by atoms with Crippen molar-refractivity contribution in [3.05, 3.63) is 30.0 Å². The monoisotopic (exact) mass is 273 g/mol. The molecule has 1 saturated carbocycles. The maximum atomic E-state index is 11.4. The van der Waals surface area contributed by atoms with Gasteiger partial charge in [0.25, 0.3) is 0 Å². The molecule has 1 aliphatic rings. The zero-order chi connectivity index (χ0) is 14.1. The fourth-order valence-electron chi connectivity index (χ4n) is 2.45. The second-order valence-electron chi connectivity index (χ2n) is 4.87. The van der Waals surface area contributed by atoms with Crippen molar-refractivity contribution in [3.63, 3.8) is 0 Å². The average molecular weight is 273 g/mol. The van der Waals surface area contributed by atoms with Crippen molar-refractivity contribution < 1.29 is 15.0 Å². The van der Waals surface area contributed by atoms with Crippen LogP contribution in [0.1, 0.15) is 23.3 Å². The summed E-state index contributed by atoms with van der Waals surface area (Å²) < 4.78 is 0. The topological polar surface area (TPSA) is 86.5 Å². The quantitative estimate of drug-likeness (QED) is 0.853. The van der Waals surface area contributed by atoms with Crippen LogP contribution >= 0.6 is 0 Å². The fourth-order valence-corrected chi connectivity index (χ4v) is 2.45. The number of hydrogen-bond donors (Lipinski definition) is 2. The standard InChI is InChI=1S/C14H15N3O3/c18-8-7-17(9-5-6-9)13-10-3-1-2-4-11(10)15-16-12(13)14(19)20/h1-4,9,18H,5-8H2,(H,19,20). The first kappa shape index (κ1) is 12.8. The Hall–Kier alpha value is -2.21. The van der Waals surface area contributed by atoms with E-state index in [2.05, 4.69) is 10.2 Å². The summed E-state index contributed by atoms with van der Waals surface area (Å²) in [5, 5.41) is 27.2. The lowest BCUT2D eigenvalue weighted by Crippen LogP contribution is -2.31. The number of carboxylic acid groups (broad SMARTS) is 1. The summed E-state index contributed by atoms with van der Waals surface area (Å²) in [6.45, 7) is 0.382. The molecule has 2 N–H and O–H groups in total. The van der Waals surface area contributed by atoms with E-state index in [1.807, 2.05) is 29.2 Å². The first-order valence-corrected chi connectivity index (χ1v) is 6.58. The van der Waals surface area contributed by atoms with Gasteiger partial charge < -0.3 is 15.1 Å². The van der Waals surface area contributed by atoms with E-state index in [0.29, 0.717) is 17.7 Å². The first-order chi connectivity index (χ1) is 9.72. The van der Waals surface area contributed by atoms with E-state index in [4.69, 9.17) is 0 Å². The SMILES string of the molecule is O=C(O)c1nnc2ccccc2c1N(CCO)C1CC1. The number of hydrogen-bond acceptors (Lipinski definition) is 5. The Bertz CT molecular complexity index is 655. The number of rotatable bonds is 5. The van der Waals surface area contributed by atoms with E-state index in [1.165, 1.54) is 0 Å². The Balaban J connectivity index is 2.23. The molecule has 6 nitrogen and oxygen atoms in total. The minimum Gasteiger partial charge on any atom is -0.476 e. The number of aliphatic hydroxyl groups is 1. The molecule has 1 fully saturated rings. The molecule has 6 heteroatoms. The third kappa shape index (κ3) is 2.18. The summed E-state index contributed by atoms with van der Waals surface area (Å²) in [5.74, 6) is -1.10. The van der Waals surface area contributed by atoms with Crippen molar-refractivity contribution in [3.8, 4) is 0 Å². The van der Waals surface area contributed by atoms with Crippen LogP contribution in [0.15, 0.2) is 24.3 Å². The molecule has 104 valence electrons. The third-order valence-electron chi connectivity index (χ3n) is 3.46. The lowest BCUT2D eigenvalue weighted by atomic mass is 10.1. The highest BCUT2D eigenvalue weighted by Crippen LogP contribution is 2.36. The van der Waals surface area contributed by atoms with Gasteiger partial charge in [0, 0.05) is 18.0 Å². The Morgan fingerprint density at radius 3 is 2.70 bits per heavy atom. The van der Waals surface area contributed by atoms with Crippen molar-refractivity contribution in [1.82, 2.24) is 10.2 Å². The minimum absolute atomic E-state index is 0.0216. The van der Waals surface area contributed by atoms with Gasteiger partial charge in [0.2, 0.25) is 0 Å². The number of nitrogens with zero attached hydrogens (tertiary/aromatic N) is 3. The molecule has 0 spiro atoms. The van der Waals surface area contributed by atoms with Gasteiger partial charge in [-0.3, -0.25) is 0 Å². The maximum Gasteiger partial charge on any atom is 0.358 e. The van der Waals surface area contributed by atoms with Crippen molar-refractivity contribution >= 4 is 22.6 Å². The Labute approximate surface area is 115 Å². The molecule has 0 atom stereocenters. The zero-order valence-corrected chi connectivity index (χ0v) is 10.9. The lowest BCUT2D eigenvalue weighted by molar-refractivity contribution is 0.0690. The maximum absolute atomic E-state index is 11.4. The van der Waals surface area contributed by atoms with E-state index in [1.54, 1.807) is 0 Å². The number of fused-ring (bicyclic) bond motifs is 1.